The second kappa shape index (κ2) is 6.80. The van der Waals surface area contributed by atoms with E-state index in [2.05, 4.69) is 16.8 Å². The van der Waals surface area contributed by atoms with Gasteiger partial charge in [0.1, 0.15) is 11.6 Å². The maximum atomic E-state index is 12.0. The first-order valence-corrected chi connectivity index (χ1v) is 7.58. The van der Waals surface area contributed by atoms with Gasteiger partial charge in [-0.25, -0.2) is 0 Å². The molecule has 5 heteroatoms. The van der Waals surface area contributed by atoms with Gasteiger partial charge in [-0.3, -0.25) is 4.79 Å². The van der Waals surface area contributed by atoms with Crippen molar-refractivity contribution in [1.82, 2.24) is 9.88 Å². The summed E-state index contributed by atoms with van der Waals surface area (Å²) in [6, 6.07) is 4.47. The summed E-state index contributed by atoms with van der Waals surface area (Å²) in [5, 5.41) is 12.1. The summed E-state index contributed by atoms with van der Waals surface area (Å²) in [7, 11) is 1.68. The Labute approximate surface area is 131 Å². The maximum absolute atomic E-state index is 12.0. The van der Waals surface area contributed by atoms with Gasteiger partial charge >= 0.3 is 0 Å². The molecule has 1 amide bonds. The summed E-state index contributed by atoms with van der Waals surface area (Å²) in [5.74, 6) is -0.278. The minimum atomic E-state index is -0.278. The second-order valence-electron chi connectivity index (χ2n) is 5.92. The highest BCUT2D eigenvalue weighted by atomic mass is 16.5. The summed E-state index contributed by atoms with van der Waals surface area (Å²) >= 11 is 0. The first-order valence-electron chi connectivity index (χ1n) is 7.58. The van der Waals surface area contributed by atoms with Gasteiger partial charge in [0.25, 0.3) is 5.91 Å². The lowest BCUT2D eigenvalue weighted by atomic mass is 10.1. The number of carbonyl (C=O) groups is 1. The molecule has 2 rings (SSSR count). The van der Waals surface area contributed by atoms with E-state index in [1.165, 1.54) is 0 Å². The lowest BCUT2D eigenvalue weighted by Gasteiger charge is -2.17. The molecule has 5 nitrogen and oxygen atoms in total. The molecule has 1 N–H and O–H groups in total. The van der Waals surface area contributed by atoms with E-state index in [1.807, 2.05) is 26.0 Å². The molecule has 0 aliphatic heterocycles. The topological polar surface area (TPSA) is 67.0 Å². The van der Waals surface area contributed by atoms with Crippen LogP contribution in [-0.4, -0.2) is 30.2 Å². The molecule has 1 heterocycles. The molecule has 118 valence electrons. The van der Waals surface area contributed by atoms with Crippen molar-refractivity contribution in [3.8, 4) is 6.07 Å². The monoisotopic (exact) mass is 301 g/mol. The molecular formula is C17H23N3O2. The zero-order chi connectivity index (χ0) is 16.3. The highest BCUT2D eigenvalue weighted by Gasteiger charge is 2.25. The molecule has 0 spiro atoms. The van der Waals surface area contributed by atoms with Crippen LogP contribution < -0.4 is 5.32 Å². The van der Waals surface area contributed by atoms with Crippen LogP contribution in [0.2, 0.25) is 0 Å². The number of aromatic nitrogens is 1. The number of rotatable bonds is 6. The van der Waals surface area contributed by atoms with Gasteiger partial charge in [0.05, 0.1) is 12.6 Å². The van der Waals surface area contributed by atoms with Gasteiger partial charge < -0.3 is 14.6 Å². The number of ether oxygens (including phenoxy) is 1. The molecule has 1 aliphatic rings. The Hall–Kier alpha value is -2.06. The van der Waals surface area contributed by atoms with E-state index in [4.69, 9.17) is 4.74 Å². The average Bonchev–Trinajstić information content (AvgIpc) is 3.22. The van der Waals surface area contributed by atoms with E-state index in [0.717, 1.165) is 29.8 Å². The van der Waals surface area contributed by atoms with Gasteiger partial charge in [-0.2, -0.15) is 5.26 Å². The molecule has 0 aromatic carbocycles. The third-order valence-corrected chi connectivity index (χ3v) is 3.95. The first-order chi connectivity index (χ1) is 10.5. The summed E-state index contributed by atoms with van der Waals surface area (Å²) in [6.07, 6.45) is 3.69. The van der Waals surface area contributed by atoms with Crippen molar-refractivity contribution in [2.24, 2.45) is 0 Å². The molecule has 0 saturated heterocycles. The fourth-order valence-electron chi connectivity index (χ4n) is 2.74. The summed E-state index contributed by atoms with van der Waals surface area (Å²) < 4.78 is 7.39. The van der Waals surface area contributed by atoms with Crippen LogP contribution in [0.1, 0.15) is 42.8 Å². The van der Waals surface area contributed by atoms with Gasteiger partial charge in [-0.15, -0.1) is 0 Å². The standard InChI is InChI=1S/C17H23N3O2/c1-11-7-14(13(3)20(11)12(2)10-22-4)8-15(9-18)17(21)19-16-5-6-16/h7-8,12,16H,5-6,10H2,1-4H3,(H,19,21)/b15-8+. The first kappa shape index (κ1) is 16.3. The number of amides is 1. The van der Waals surface area contributed by atoms with E-state index in [-0.39, 0.29) is 23.6 Å². The smallest absolute Gasteiger partial charge is 0.262 e. The Bertz CT molecular complexity index is 633. The number of aryl methyl sites for hydroxylation is 1. The number of carbonyl (C=O) groups excluding carboxylic acids is 1. The van der Waals surface area contributed by atoms with Gasteiger partial charge in [0, 0.05) is 24.5 Å². The van der Waals surface area contributed by atoms with Gasteiger partial charge in [-0.1, -0.05) is 0 Å². The lowest BCUT2D eigenvalue weighted by molar-refractivity contribution is -0.117. The Morgan fingerprint density at radius 3 is 2.82 bits per heavy atom. The molecule has 1 saturated carbocycles. The molecule has 1 unspecified atom stereocenters. The molecule has 1 atom stereocenters. The van der Waals surface area contributed by atoms with Gasteiger partial charge in [0.15, 0.2) is 0 Å². The molecular weight excluding hydrogens is 278 g/mol. The van der Waals surface area contributed by atoms with E-state index in [1.54, 1.807) is 13.2 Å². The summed E-state index contributed by atoms with van der Waals surface area (Å²) in [4.78, 5) is 12.0. The van der Waals surface area contributed by atoms with Crippen LogP contribution in [-0.2, 0) is 9.53 Å². The third-order valence-electron chi connectivity index (χ3n) is 3.95. The number of nitriles is 1. The van der Waals surface area contributed by atoms with Crippen LogP contribution in [0.15, 0.2) is 11.6 Å². The van der Waals surface area contributed by atoms with Crippen molar-refractivity contribution >= 4 is 12.0 Å². The van der Waals surface area contributed by atoms with E-state index < -0.39 is 0 Å². The van der Waals surface area contributed by atoms with Crippen LogP contribution in [0.5, 0.6) is 0 Å². The molecule has 1 aromatic rings. The van der Waals surface area contributed by atoms with Gasteiger partial charge in [0.2, 0.25) is 0 Å². The summed E-state index contributed by atoms with van der Waals surface area (Å²) in [6.45, 7) is 6.72. The number of hydrogen-bond donors (Lipinski definition) is 1. The number of nitrogens with one attached hydrogen (secondary N) is 1. The predicted molar refractivity (Wildman–Crippen MR) is 85.2 cm³/mol. The number of hydrogen-bond acceptors (Lipinski definition) is 3. The molecule has 0 radical (unpaired) electrons. The van der Waals surface area contributed by atoms with Crippen LogP contribution in [0, 0.1) is 25.2 Å². The van der Waals surface area contributed by atoms with Crippen molar-refractivity contribution in [1.29, 1.82) is 5.26 Å². The highest BCUT2D eigenvalue weighted by molar-refractivity contribution is 6.02. The van der Waals surface area contributed by atoms with E-state index in [9.17, 15) is 10.1 Å². The quantitative estimate of drug-likeness (QED) is 0.648. The van der Waals surface area contributed by atoms with Gasteiger partial charge in [-0.05, 0) is 51.3 Å². The van der Waals surface area contributed by atoms with Crippen molar-refractivity contribution in [2.45, 2.75) is 45.7 Å². The largest absolute Gasteiger partial charge is 0.383 e. The van der Waals surface area contributed by atoms with Crippen molar-refractivity contribution < 1.29 is 9.53 Å². The van der Waals surface area contributed by atoms with E-state index >= 15 is 0 Å². The molecule has 0 bridgehead atoms. The lowest BCUT2D eigenvalue weighted by Crippen LogP contribution is -2.26. The minimum absolute atomic E-state index is 0.159. The fraction of sp³-hybridized carbons (Fsp3) is 0.529. The zero-order valence-electron chi connectivity index (χ0n) is 13.6. The second-order valence-corrected chi connectivity index (χ2v) is 5.92. The SMILES string of the molecule is COCC(C)n1c(C)cc(/C=C(\C#N)C(=O)NC2CC2)c1C. The highest BCUT2D eigenvalue weighted by Crippen LogP contribution is 2.23. The van der Waals surface area contributed by atoms with Crippen LogP contribution in [0.4, 0.5) is 0 Å². The minimum Gasteiger partial charge on any atom is -0.383 e. The van der Waals surface area contributed by atoms with Crippen LogP contribution in [0.25, 0.3) is 6.08 Å². The maximum Gasteiger partial charge on any atom is 0.262 e. The van der Waals surface area contributed by atoms with Crippen LogP contribution >= 0.6 is 0 Å². The van der Waals surface area contributed by atoms with Crippen molar-refractivity contribution in [3.05, 3.63) is 28.6 Å². The molecule has 1 fully saturated rings. The third kappa shape index (κ3) is 3.58. The normalized spacial score (nSPS) is 16.2. The van der Waals surface area contributed by atoms with Crippen LogP contribution in [0.3, 0.4) is 0 Å². The molecule has 1 aromatic heterocycles. The Morgan fingerprint density at radius 2 is 2.27 bits per heavy atom. The van der Waals surface area contributed by atoms with E-state index in [0.29, 0.717) is 6.61 Å². The van der Waals surface area contributed by atoms with Crippen molar-refractivity contribution in [2.75, 3.05) is 13.7 Å². The Morgan fingerprint density at radius 1 is 1.59 bits per heavy atom. The average molecular weight is 301 g/mol. The number of methoxy groups -OCH3 is 1. The summed E-state index contributed by atoms with van der Waals surface area (Å²) in [5.41, 5.74) is 3.19. The Kier molecular flexibility index (Phi) is 5.04. The molecule has 1 aliphatic carbocycles. The fourth-order valence-corrected chi connectivity index (χ4v) is 2.74. The van der Waals surface area contributed by atoms with Crippen molar-refractivity contribution in [3.63, 3.8) is 0 Å². The number of nitrogens with zero attached hydrogens (tertiary/aromatic N) is 2. The zero-order valence-corrected chi connectivity index (χ0v) is 13.6. The Balaban J connectivity index is 2.27. The predicted octanol–water partition coefficient (Wildman–Crippen LogP) is 2.50. The molecule has 22 heavy (non-hydrogen) atoms.